The van der Waals surface area contributed by atoms with Crippen LogP contribution in [0.5, 0.6) is 0 Å². The molecule has 6 heteroatoms. The van der Waals surface area contributed by atoms with Crippen molar-refractivity contribution in [1.82, 2.24) is 5.32 Å². The number of anilines is 1. The average molecular weight is 341 g/mol. The maximum Gasteiger partial charge on any atom is 0.254 e. The summed E-state index contributed by atoms with van der Waals surface area (Å²) < 4.78 is 27.3. The van der Waals surface area contributed by atoms with Crippen molar-refractivity contribution in [3.05, 3.63) is 63.6 Å². The third-order valence-electron chi connectivity index (χ3n) is 2.68. The van der Waals surface area contributed by atoms with Crippen LogP contribution in [0.15, 0.2) is 40.9 Å². The molecule has 0 spiro atoms. The summed E-state index contributed by atoms with van der Waals surface area (Å²) in [4.78, 5) is 11.9. The van der Waals surface area contributed by atoms with Crippen LogP contribution in [-0.4, -0.2) is 5.91 Å². The van der Waals surface area contributed by atoms with E-state index in [0.717, 1.165) is 6.07 Å². The SMILES string of the molecule is Nc1ccc(F)c(C(=O)NCc2cc(F)ccc2Br)c1. The smallest absolute Gasteiger partial charge is 0.254 e. The van der Waals surface area contributed by atoms with Crippen molar-refractivity contribution in [2.24, 2.45) is 0 Å². The third-order valence-corrected chi connectivity index (χ3v) is 3.46. The molecule has 20 heavy (non-hydrogen) atoms. The van der Waals surface area contributed by atoms with Crippen molar-refractivity contribution in [1.29, 1.82) is 0 Å². The molecule has 2 aromatic carbocycles. The van der Waals surface area contributed by atoms with E-state index < -0.39 is 17.5 Å². The molecule has 3 nitrogen and oxygen atoms in total. The fourth-order valence-corrected chi connectivity index (χ4v) is 2.05. The number of carbonyl (C=O) groups excluding carboxylic acids is 1. The summed E-state index contributed by atoms with van der Waals surface area (Å²) in [6.45, 7) is 0.0748. The highest BCUT2D eigenvalue weighted by Gasteiger charge is 2.12. The van der Waals surface area contributed by atoms with E-state index >= 15 is 0 Å². The first kappa shape index (κ1) is 14.5. The van der Waals surface area contributed by atoms with Crippen molar-refractivity contribution in [3.8, 4) is 0 Å². The molecule has 0 atom stereocenters. The van der Waals surface area contributed by atoms with Crippen LogP contribution < -0.4 is 11.1 Å². The lowest BCUT2D eigenvalue weighted by Crippen LogP contribution is -2.24. The maximum absolute atomic E-state index is 13.5. The Bertz CT molecular complexity index is 662. The largest absolute Gasteiger partial charge is 0.399 e. The van der Waals surface area contributed by atoms with Gasteiger partial charge < -0.3 is 11.1 Å². The molecule has 3 N–H and O–H groups in total. The quantitative estimate of drug-likeness (QED) is 0.842. The van der Waals surface area contributed by atoms with E-state index in [1.165, 1.54) is 30.3 Å². The molecule has 0 saturated carbocycles. The van der Waals surface area contributed by atoms with Crippen molar-refractivity contribution in [2.45, 2.75) is 6.54 Å². The number of benzene rings is 2. The predicted octanol–water partition coefficient (Wildman–Crippen LogP) is 3.24. The van der Waals surface area contributed by atoms with E-state index in [-0.39, 0.29) is 12.1 Å². The Morgan fingerprint density at radius 2 is 1.95 bits per heavy atom. The molecule has 1 amide bonds. The Morgan fingerprint density at radius 3 is 2.70 bits per heavy atom. The Morgan fingerprint density at radius 1 is 1.20 bits per heavy atom. The molecule has 104 valence electrons. The number of hydrogen-bond donors (Lipinski definition) is 2. The Labute approximate surface area is 122 Å². The molecular weight excluding hydrogens is 330 g/mol. The Kier molecular flexibility index (Phi) is 4.34. The van der Waals surface area contributed by atoms with Gasteiger partial charge in [0.25, 0.3) is 5.91 Å². The molecule has 0 fully saturated rings. The predicted molar refractivity (Wildman–Crippen MR) is 76.1 cm³/mol. The zero-order valence-electron chi connectivity index (χ0n) is 10.3. The lowest BCUT2D eigenvalue weighted by atomic mass is 10.1. The summed E-state index contributed by atoms with van der Waals surface area (Å²) in [6, 6.07) is 7.88. The minimum absolute atomic E-state index is 0.0748. The van der Waals surface area contributed by atoms with Crippen LogP contribution in [0.4, 0.5) is 14.5 Å². The first-order valence-corrected chi connectivity index (χ1v) is 6.54. The van der Waals surface area contributed by atoms with Gasteiger partial charge in [-0.1, -0.05) is 15.9 Å². The van der Waals surface area contributed by atoms with Crippen molar-refractivity contribution < 1.29 is 13.6 Å². The zero-order valence-corrected chi connectivity index (χ0v) is 11.9. The number of amides is 1. The molecule has 0 saturated heterocycles. The van der Waals surface area contributed by atoms with E-state index in [2.05, 4.69) is 21.2 Å². The summed E-state index contributed by atoms with van der Waals surface area (Å²) >= 11 is 3.25. The standard InChI is InChI=1S/C14H11BrF2N2O/c15-12-3-1-9(16)5-8(12)7-19-14(20)11-6-10(18)2-4-13(11)17/h1-6H,7,18H2,(H,19,20). The molecule has 0 aliphatic carbocycles. The van der Waals surface area contributed by atoms with Crippen molar-refractivity contribution >= 4 is 27.5 Å². The van der Waals surface area contributed by atoms with Crippen LogP contribution in [0.25, 0.3) is 0 Å². The van der Waals surface area contributed by atoms with Crippen LogP contribution in [0, 0.1) is 11.6 Å². The molecule has 0 heterocycles. The van der Waals surface area contributed by atoms with Crippen molar-refractivity contribution in [3.63, 3.8) is 0 Å². The van der Waals surface area contributed by atoms with E-state index in [1.54, 1.807) is 0 Å². The maximum atomic E-state index is 13.5. The van der Waals surface area contributed by atoms with Crippen LogP contribution in [0.1, 0.15) is 15.9 Å². The molecule has 0 aliphatic rings. The average Bonchev–Trinajstić information content (AvgIpc) is 2.42. The second-order valence-electron chi connectivity index (χ2n) is 4.16. The van der Waals surface area contributed by atoms with Gasteiger partial charge in [-0.05, 0) is 42.0 Å². The van der Waals surface area contributed by atoms with Gasteiger partial charge in [-0.3, -0.25) is 4.79 Å². The molecule has 0 unspecified atom stereocenters. The minimum atomic E-state index is -0.657. The normalized spacial score (nSPS) is 10.3. The number of hydrogen-bond acceptors (Lipinski definition) is 2. The van der Waals surface area contributed by atoms with E-state index in [1.807, 2.05) is 0 Å². The van der Waals surface area contributed by atoms with Gasteiger partial charge in [0, 0.05) is 16.7 Å². The van der Waals surface area contributed by atoms with Crippen LogP contribution in [0.2, 0.25) is 0 Å². The minimum Gasteiger partial charge on any atom is -0.399 e. The van der Waals surface area contributed by atoms with Gasteiger partial charge in [-0.15, -0.1) is 0 Å². The lowest BCUT2D eigenvalue weighted by Gasteiger charge is -2.08. The number of nitrogens with one attached hydrogen (secondary N) is 1. The molecule has 2 rings (SSSR count). The zero-order chi connectivity index (χ0) is 14.7. The van der Waals surface area contributed by atoms with Gasteiger partial charge in [0.2, 0.25) is 0 Å². The number of nitrogens with two attached hydrogens (primary N) is 1. The molecular formula is C14H11BrF2N2O. The molecule has 0 bridgehead atoms. The number of nitrogen functional groups attached to an aromatic ring is 1. The summed E-state index contributed by atoms with van der Waals surface area (Å²) in [5.74, 6) is -1.67. The Balaban J connectivity index is 2.12. The second kappa shape index (κ2) is 6.00. The van der Waals surface area contributed by atoms with Gasteiger partial charge in [0.1, 0.15) is 11.6 Å². The first-order valence-electron chi connectivity index (χ1n) is 5.74. The highest BCUT2D eigenvalue weighted by molar-refractivity contribution is 9.10. The number of halogens is 3. The van der Waals surface area contributed by atoms with Gasteiger partial charge >= 0.3 is 0 Å². The van der Waals surface area contributed by atoms with Gasteiger partial charge in [-0.2, -0.15) is 0 Å². The monoisotopic (exact) mass is 340 g/mol. The highest BCUT2D eigenvalue weighted by Crippen LogP contribution is 2.18. The Hall–Kier alpha value is -1.95. The van der Waals surface area contributed by atoms with Gasteiger partial charge in [0.15, 0.2) is 0 Å². The summed E-state index contributed by atoms with van der Waals surface area (Å²) in [5.41, 5.74) is 6.22. The van der Waals surface area contributed by atoms with Gasteiger partial charge in [0.05, 0.1) is 5.56 Å². The van der Waals surface area contributed by atoms with Crippen LogP contribution in [-0.2, 0) is 6.54 Å². The highest BCUT2D eigenvalue weighted by atomic mass is 79.9. The number of rotatable bonds is 3. The lowest BCUT2D eigenvalue weighted by molar-refractivity contribution is 0.0947. The van der Waals surface area contributed by atoms with Crippen LogP contribution in [0.3, 0.4) is 0 Å². The molecule has 2 aromatic rings. The van der Waals surface area contributed by atoms with E-state index in [4.69, 9.17) is 5.73 Å². The summed E-state index contributed by atoms with van der Waals surface area (Å²) in [6.07, 6.45) is 0. The second-order valence-corrected chi connectivity index (χ2v) is 5.01. The fraction of sp³-hybridized carbons (Fsp3) is 0.0714. The van der Waals surface area contributed by atoms with E-state index in [9.17, 15) is 13.6 Å². The van der Waals surface area contributed by atoms with Gasteiger partial charge in [-0.25, -0.2) is 8.78 Å². The molecule has 0 radical (unpaired) electrons. The van der Waals surface area contributed by atoms with E-state index in [0.29, 0.717) is 15.7 Å². The van der Waals surface area contributed by atoms with Crippen molar-refractivity contribution in [2.75, 3.05) is 5.73 Å². The fourth-order valence-electron chi connectivity index (χ4n) is 1.67. The molecule has 0 aliphatic heterocycles. The summed E-state index contributed by atoms with van der Waals surface area (Å²) in [5, 5.41) is 2.52. The molecule has 0 aromatic heterocycles. The summed E-state index contributed by atoms with van der Waals surface area (Å²) in [7, 11) is 0. The number of carbonyl (C=O) groups is 1. The topological polar surface area (TPSA) is 55.1 Å². The first-order chi connectivity index (χ1) is 9.47. The third kappa shape index (κ3) is 3.33. The van der Waals surface area contributed by atoms with Crippen LogP contribution >= 0.6 is 15.9 Å².